The van der Waals surface area contributed by atoms with Gasteiger partial charge in [-0.15, -0.1) is 0 Å². The van der Waals surface area contributed by atoms with Crippen LogP contribution in [-0.2, 0) is 9.52 Å². The van der Waals surface area contributed by atoms with Crippen LogP contribution in [0.1, 0.15) is 42.6 Å². The van der Waals surface area contributed by atoms with Crippen molar-refractivity contribution in [3.8, 4) is 5.75 Å². The number of benzene rings is 2. The second kappa shape index (κ2) is 7.79. The van der Waals surface area contributed by atoms with Gasteiger partial charge in [-0.05, 0) is 66.1 Å². The summed E-state index contributed by atoms with van der Waals surface area (Å²) in [5.74, 6) is 3.92. The van der Waals surface area contributed by atoms with Crippen LogP contribution < -0.4 is 10.1 Å². The maximum atomic E-state index is 12.9. The number of rotatable bonds is 6. The van der Waals surface area contributed by atoms with E-state index < -0.39 is 9.52 Å². The molecule has 27 heavy (non-hydrogen) atoms. The van der Waals surface area contributed by atoms with Gasteiger partial charge >= 0.3 is 0 Å². The summed E-state index contributed by atoms with van der Waals surface area (Å²) in [6, 6.07) is 10.3. The second-order valence-corrected chi connectivity index (χ2v) is 9.03. The average molecular weight is 404 g/mol. The molecule has 4 nitrogen and oxygen atoms in total. The fourth-order valence-electron chi connectivity index (χ4n) is 2.92. The molecule has 1 aliphatic rings. The highest BCUT2D eigenvalue weighted by Gasteiger charge is 2.19. The number of amides is 1. The maximum Gasteiger partial charge on any atom is 0.259 e. The first-order valence-corrected chi connectivity index (χ1v) is 11.0. The Kier molecular flexibility index (Phi) is 5.63. The summed E-state index contributed by atoms with van der Waals surface area (Å²) < 4.78 is 18.4. The highest BCUT2D eigenvalue weighted by molar-refractivity contribution is 8.03. The van der Waals surface area contributed by atoms with Crippen molar-refractivity contribution < 1.29 is 13.7 Å². The third-order valence-electron chi connectivity index (χ3n) is 4.50. The summed E-state index contributed by atoms with van der Waals surface area (Å²) in [5, 5.41) is 4.90. The van der Waals surface area contributed by atoms with Crippen molar-refractivity contribution in [3.05, 3.63) is 58.0 Å². The van der Waals surface area contributed by atoms with E-state index in [1.54, 1.807) is 41.8 Å². The quantitative estimate of drug-likeness (QED) is 0.673. The lowest BCUT2D eigenvalue weighted by molar-refractivity contribution is 0.101. The molecule has 1 N–H and O–H groups in total. The van der Waals surface area contributed by atoms with Crippen molar-refractivity contribution >= 4 is 44.7 Å². The number of anilines is 1. The highest BCUT2D eigenvalue weighted by atomic mass is 35.5. The number of fused-ring (bicyclic) bond motifs is 1. The van der Waals surface area contributed by atoms with Crippen molar-refractivity contribution in [1.29, 1.82) is 0 Å². The monoisotopic (exact) mass is 403 g/mol. The smallest absolute Gasteiger partial charge is 0.259 e. The van der Waals surface area contributed by atoms with Crippen LogP contribution in [0.4, 0.5) is 5.69 Å². The molecule has 0 saturated carbocycles. The van der Waals surface area contributed by atoms with Crippen LogP contribution in [0.3, 0.4) is 0 Å². The van der Waals surface area contributed by atoms with E-state index in [2.05, 4.69) is 11.2 Å². The molecule has 1 aliphatic heterocycles. The molecule has 1 atom stereocenters. The Balaban J connectivity index is 1.88. The predicted octanol–water partition coefficient (Wildman–Crippen LogP) is 5.22. The van der Waals surface area contributed by atoms with E-state index in [0.29, 0.717) is 26.9 Å². The Hall–Kier alpha value is -2.24. The van der Waals surface area contributed by atoms with Gasteiger partial charge in [-0.25, -0.2) is 0 Å². The van der Waals surface area contributed by atoms with E-state index in [9.17, 15) is 9.00 Å². The summed E-state index contributed by atoms with van der Waals surface area (Å²) in [6.07, 6.45) is 3.50. The molecular weight excluding hydrogens is 382 g/mol. The van der Waals surface area contributed by atoms with Gasteiger partial charge in [0.05, 0.1) is 11.7 Å². The average Bonchev–Trinajstić information content (AvgIpc) is 2.95. The number of halogens is 1. The van der Waals surface area contributed by atoms with Crippen molar-refractivity contribution in [2.45, 2.75) is 37.7 Å². The van der Waals surface area contributed by atoms with Gasteiger partial charge in [0.2, 0.25) is 0 Å². The minimum atomic E-state index is -2.44. The van der Waals surface area contributed by atoms with Gasteiger partial charge in [0.25, 0.3) is 5.91 Å². The third-order valence-corrected chi connectivity index (χ3v) is 6.41. The van der Waals surface area contributed by atoms with Gasteiger partial charge in [-0.1, -0.05) is 31.5 Å². The minimum absolute atomic E-state index is 0.0274. The first-order chi connectivity index (χ1) is 12.8. The number of hydrogen-bond acceptors (Lipinski definition) is 3. The standard InChI is InChI=1S/C21H22ClNO3S/c1-4-17(5-2)26-19-9-7-15(22)12-18(19)21(24)23-16-8-6-14-10-11-27(3,25)20(14)13-16/h6-13,17H,3-5H2,1-2H3,(H,23,24). The van der Waals surface area contributed by atoms with Crippen LogP contribution >= 0.6 is 11.6 Å². The molecule has 0 fully saturated rings. The molecule has 2 aromatic rings. The lowest BCUT2D eigenvalue weighted by Gasteiger charge is -2.18. The lowest BCUT2D eigenvalue weighted by Crippen LogP contribution is -2.18. The van der Waals surface area contributed by atoms with Gasteiger partial charge < -0.3 is 10.1 Å². The van der Waals surface area contributed by atoms with E-state index in [1.807, 2.05) is 19.9 Å². The van der Waals surface area contributed by atoms with Crippen LogP contribution in [0.25, 0.3) is 6.08 Å². The Labute approximate surface area is 165 Å². The summed E-state index contributed by atoms with van der Waals surface area (Å²) in [7, 11) is -2.44. The van der Waals surface area contributed by atoms with E-state index in [-0.39, 0.29) is 12.0 Å². The molecule has 0 aromatic heterocycles. The Morgan fingerprint density at radius 1 is 1.22 bits per heavy atom. The molecule has 6 heteroatoms. The van der Waals surface area contributed by atoms with Crippen LogP contribution in [0.2, 0.25) is 5.02 Å². The van der Waals surface area contributed by atoms with Gasteiger partial charge in [0, 0.05) is 25.1 Å². The van der Waals surface area contributed by atoms with E-state index >= 15 is 0 Å². The summed E-state index contributed by atoms with van der Waals surface area (Å²) in [5.41, 5.74) is 1.77. The van der Waals surface area contributed by atoms with Crippen molar-refractivity contribution in [2.24, 2.45) is 0 Å². The summed E-state index contributed by atoms with van der Waals surface area (Å²) in [4.78, 5) is 13.5. The molecule has 0 spiro atoms. The third kappa shape index (κ3) is 4.20. The molecule has 2 aromatic carbocycles. The first kappa shape index (κ1) is 19.5. The molecule has 0 saturated heterocycles. The van der Waals surface area contributed by atoms with Gasteiger partial charge in [-0.2, -0.15) is 0 Å². The zero-order valence-corrected chi connectivity index (χ0v) is 16.9. The van der Waals surface area contributed by atoms with Gasteiger partial charge in [0.1, 0.15) is 5.75 Å². The van der Waals surface area contributed by atoms with Gasteiger partial charge in [-0.3, -0.25) is 9.00 Å². The van der Waals surface area contributed by atoms with E-state index in [1.165, 1.54) is 0 Å². The van der Waals surface area contributed by atoms with Crippen LogP contribution in [-0.4, -0.2) is 22.1 Å². The van der Waals surface area contributed by atoms with Crippen molar-refractivity contribution in [2.75, 3.05) is 5.32 Å². The van der Waals surface area contributed by atoms with Crippen LogP contribution in [0.15, 0.2) is 46.7 Å². The molecule has 0 bridgehead atoms. The SMILES string of the molecule is C=S1(=O)C=Cc2ccc(NC(=O)c3cc(Cl)ccc3OC(CC)CC)cc21. The largest absolute Gasteiger partial charge is 0.490 e. The van der Waals surface area contributed by atoms with E-state index in [0.717, 1.165) is 18.4 Å². The maximum absolute atomic E-state index is 12.9. The first-order valence-electron chi connectivity index (χ1n) is 8.81. The van der Waals surface area contributed by atoms with Crippen molar-refractivity contribution in [1.82, 2.24) is 0 Å². The number of carbonyl (C=O) groups is 1. The zero-order valence-electron chi connectivity index (χ0n) is 15.3. The molecule has 1 amide bonds. The Morgan fingerprint density at radius 2 is 1.96 bits per heavy atom. The lowest BCUT2D eigenvalue weighted by atomic mass is 10.1. The normalized spacial score (nSPS) is 17.8. The number of hydrogen-bond donors (Lipinski definition) is 1. The molecule has 1 unspecified atom stereocenters. The highest BCUT2D eigenvalue weighted by Crippen LogP contribution is 2.30. The topological polar surface area (TPSA) is 55.4 Å². The fraction of sp³-hybridized carbons (Fsp3) is 0.238. The fourth-order valence-corrected chi connectivity index (χ4v) is 4.47. The minimum Gasteiger partial charge on any atom is -0.490 e. The molecular formula is C21H22ClNO3S. The predicted molar refractivity (Wildman–Crippen MR) is 113 cm³/mol. The number of ether oxygens (including phenoxy) is 1. The summed E-state index contributed by atoms with van der Waals surface area (Å²) in [6.45, 7) is 4.08. The Morgan fingerprint density at radius 3 is 2.67 bits per heavy atom. The number of carbonyl (C=O) groups excluding carboxylic acids is 1. The van der Waals surface area contributed by atoms with Gasteiger partial charge in [0.15, 0.2) is 0 Å². The summed E-state index contributed by atoms with van der Waals surface area (Å²) >= 11 is 6.09. The molecule has 0 aliphatic carbocycles. The molecule has 0 radical (unpaired) electrons. The van der Waals surface area contributed by atoms with E-state index in [4.69, 9.17) is 16.3 Å². The van der Waals surface area contributed by atoms with Crippen LogP contribution in [0, 0.1) is 0 Å². The molecule has 1 heterocycles. The second-order valence-electron chi connectivity index (χ2n) is 6.43. The van der Waals surface area contributed by atoms with Crippen molar-refractivity contribution in [3.63, 3.8) is 0 Å². The Bertz CT molecular complexity index is 1010. The molecule has 142 valence electrons. The number of nitrogens with one attached hydrogen (secondary N) is 1. The molecule has 3 rings (SSSR count). The zero-order chi connectivity index (χ0) is 19.6. The van der Waals surface area contributed by atoms with Crippen LogP contribution in [0.5, 0.6) is 5.75 Å².